The van der Waals surface area contributed by atoms with Gasteiger partial charge in [0.15, 0.2) is 0 Å². The van der Waals surface area contributed by atoms with Crippen molar-refractivity contribution in [3.63, 3.8) is 0 Å². The van der Waals surface area contributed by atoms with E-state index < -0.39 is 0 Å². The summed E-state index contributed by atoms with van der Waals surface area (Å²) in [5.41, 5.74) is 3.18. The van der Waals surface area contributed by atoms with Crippen LogP contribution in [-0.4, -0.2) is 32.0 Å². The zero-order chi connectivity index (χ0) is 18.7. The van der Waals surface area contributed by atoms with E-state index in [1.807, 2.05) is 50.2 Å². The highest BCUT2D eigenvalue weighted by Gasteiger charge is 2.15. The molecule has 0 aliphatic carbocycles. The topological polar surface area (TPSA) is 92.7 Å². The number of nitrogens with one attached hydrogen (secondary N) is 2. The Balaban J connectivity index is 1.68. The number of imidazole rings is 1. The van der Waals surface area contributed by atoms with E-state index in [1.54, 1.807) is 11.5 Å². The summed E-state index contributed by atoms with van der Waals surface area (Å²) in [5.74, 6) is 0.384. The fraction of sp³-hybridized carbons (Fsp3) is 0.263. The summed E-state index contributed by atoms with van der Waals surface area (Å²) in [5, 5.41) is 2.81. The lowest BCUT2D eigenvalue weighted by Crippen LogP contribution is -2.33. The minimum atomic E-state index is -0.306. The van der Waals surface area contributed by atoms with Gasteiger partial charge in [0.05, 0.1) is 0 Å². The van der Waals surface area contributed by atoms with Crippen LogP contribution in [0.15, 0.2) is 41.2 Å². The molecule has 0 bridgehead atoms. The Morgan fingerprint density at radius 3 is 2.58 bits per heavy atom. The molecule has 0 radical (unpaired) electrons. The number of amides is 1. The lowest BCUT2D eigenvalue weighted by atomic mass is 10.2. The molecule has 7 nitrogen and oxygen atoms in total. The van der Waals surface area contributed by atoms with Gasteiger partial charge < -0.3 is 10.3 Å². The van der Waals surface area contributed by atoms with Crippen LogP contribution < -0.4 is 11.0 Å². The summed E-state index contributed by atoms with van der Waals surface area (Å²) in [6.07, 6.45) is 0. The molecule has 3 aromatic rings. The molecule has 134 valence electrons. The Hall–Kier alpha value is -3.22. The molecular formula is C19H21N5O2. The van der Waals surface area contributed by atoms with E-state index in [-0.39, 0.29) is 11.6 Å². The van der Waals surface area contributed by atoms with Gasteiger partial charge in [-0.2, -0.15) is 4.98 Å². The van der Waals surface area contributed by atoms with Gasteiger partial charge in [-0.05, 0) is 26.8 Å². The van der Waals surface area contributed by atoms with Gasteiger partial charge in [0.25, 0.3) is 5.91 Å². The SMILES string of the molecule is Cc1cc(C)n(CCNC(=O)c2nc(-c3ccccc3)[nH]c2C)c(=O)n1. The number of nitrogens with zero attached hydrogens (tertiary/aromatic N) is 3. The average Bonchev–Trinajstić information content (AvgIpc) is 3.00. The zero-order valence-electron chi connectivity index (χ0n) is 15.0. The summed E-state index contributed by atoms with van der Waals surface area (Å²) in [4.78, 5) is 35.8. The normalized spacial score (nSPS) is 10.7. The van der Waals surface area contributed by atoms with Crippen LogP contribution in [-0.2, 0) is 6.54 Å². The van der Waals surface area contributed by atoms with Crippen molar-refractivity contribution >= 4 is 5.91 Å². The maximum Gasteiger partial charge on any atom is 0.348 e. The third-order valence-corrected chi connectivity index (χ3v) is 4.11. The van der Waals surface area contributed by atoms with Gasteiger partial charge in [0.1, 0.15) is 11.5 Å². The minimum absolute atomic E-state index is 0.272. The highest BCUT2D eigenvalue weighted by molar-refractivity contribution is 5.94. The Bertz CT molecular complexity index is 989. The predicted molar refractivity (Wildman–Crippen MR) is 99.1 cm³/mol. The minimum Gasteiger partial charge on any atom is -0.349 e. The molecule has 26 heavy (non-hydrogen) atoms. The molecule has 2 heterocycles. The first kappa shape index (κ1) is 17.6. The molecule has 0 unspecified atom stereocenters. The number of carbonyl (C=O) groups excluding carboxylic acids is 1. The number of hydrogen-bond acceptors (Lipinski definition) is 4. The standard InChI is InChI=1S/C19H21N5O2/c1-12-11-13(2)24(19(26)21-12)10-9-20-18(25)16-14(3)22-17(23-16)15-7-5-4-6-8-15/h4-8,11H,9-10H2,1-3H3,(H,20,25)(H,22,23). The first-order valence-corrected chi connectivity index (χ1v) is 8.41. The second-order valence-corrected chi connectivity index (χ2v) is 6.15. The van der Waals surface area contributed by atoms with Crippen molar-refractivity contribution in [1.29, 1.82) is 0 Å². The lowest BCUT2D eigenvalue weighted by molar-refractivity contribution is 0.0947. The third-order valence-electron chi connectivity index (χ3n) is 4.11. The molecule has 0 atom stereocenters. The number of rotatable bonds is 5. The summed E-state index contributed by atoms with van der Waals surface area (Å²) >= 11 is 0. The van der Waals surface area contributed by atoms with E-state index in [0.717, 1.165) is 11.3 Å². The molecular weight excluding hydrogens is 330 g/mol. The highest BCUT2D eigenvalue weighted by Crippen LogP contribution is 2.17. The second kappa shape index (κ2) is 7.35. The number of hydrogen-bond donors (Lipinski definition) is 2. The molecule has 0 saturated heterocycles. The van der Waals surface area contributed by atoms with Gasteiger partial charge in [-0.3, -0.25) is 9.36 Å². The van der Waals surface area contributed by atoms with Gasteiger partial charge >= 0.3 is 5.69 Å². The lowest BCUT2D eigenvalue weighted by Gasteiger charge is -2.10. The van der Waals surface area contributed by atoms with Crippen LogP contribution in [0, 0.1) is 20.8 Å². The maximum absolute atomic E-state index is 12.4. The number of benzene rings is 1. The molecule has 0 aliphatic heterocycles. The van der Waals surface area contributed by atoms with Crippen LogP contribution in [0.3, 0.4) is 0 Å². The summed E-state index contributed by atoms with van der Waals surface area (Å²) < 4.78 is 1.54. The molecule has 0 saturated carbocycles. The van der Waals surface area contributed by atoms with Crippen molar-refractivity contribution in [3.8, 4) is 11.4 Å². The van der Waals surface area contributed by atoms with Crippen LogP contribution in [0.2, 0.25) is 0 Å². The molecule has 2 N–H and O–H groups in total. The van der Waals surface area contributed by atoms with Gasteiger partial charge in [0.2, 0.25) is 0 Å². The third kappa shape index (κ3) is 3.72. The fourth-order valence-electron chi connectivity index (χ4n) is 2.83. The number of carbonyl (C=O) groups is 1. The summed E-state index contributed by atoms with van der Waals surface area (Å²) in [7, 11) is 0. The Kier molecular flexibility index (Phi) is 4.97. The van der Waals surface area contributed by atoms with E-state index in [1.165, 1.54) is 0 Å². The number of aromatic nitrogens is 4. The average molecular weight is 351 g/mol. The fourth-order valence-corrected chi connectivity index (χ4v) is 2.83. The summed E-state index contributed by atoms with van der Waals surface area (Å²) in [6, 6.07) is 11.5. The first-order valence-electron chi connectivity index (χ1n) is 8.41. The van der Waals surface area contributed by atoms with Gasteiger partial charge in [-0.1, -0.05) is 30.3 Å². The van der Waals surface area contributed by atoms with E-state index in [2.05, 4.69) is 20.3 Å². The number of aryl methyl sites for hydroxylation is 3. The van der Waals surface area contributed by atoms with Crippen LogP contribution >= 0.6 is 0 Å². The molecule has 0 spiro atoms. The van der Waals surface area contributed by atoms with Crippen LogP contribution in [0.5, 0.6) is 0 Å². The van der Waals surface area contributed by atoms with Crippen LogP contribution in [0.25, 0.3) is 11.4 Å². The van der Waals surface area contributed by atoms with Gasteiger partial charge in [-0.15, -0.1) is 0 Å². The van der Waals surface area contributed by atoms with E-state index >= 15 is 0 Å². The quantitative estimate of drug-likeness (QED) is 0.735. The molecule has 0 aliphatic rings. The smallest absolute Gasteiger partial charge is 0.348 e. The van der Waals surface area contributed by atoms with Crippen molar-refractivity contribution in [2.24, 2.45) is 0 Å². The zero-order valence-corrected chi connectivity index (χ0v) is 15.0. The van der Waals surface area contributed by atoms with Crippen molar-refractivity contribution < 1.29 is 4.79 Å². The van der Waals surface area contributed by atoms with E-state index in [4.69, 9.17) is 0 Å². The predicted octanol–water partition coefficient (Wildman–Crippen LogP) is 1.99. The number of aromatic amines is 1. The molecule has 2 aromatic heterocycles. The second-order valence-electron chi connectivity index (χ2n) is 6.15. The van der Waals surface area contributed by atoms with Gasteiger partial charge in [0, 0.05) is 35.7 Å². The van der Waals surface area contributed by atoms with Crippen molar-refractivity contribution in [3.05, 3.63) is 69.7 Å². The monoisotopic (exact) mass is 351 g/mol. The molecule has 3 rings (SSSR count). The first-order chi connectivity index (χ1) is 12.5. The summed E-state index contributed by atoms with van der Waals surface area (Å²) in [6.45, 7) is 6.12. The Labute approximate surface area is 151 Å². The largest absolute Gasteiger partial charge is 0.349 e. The van der Waals surface area contributed by atoms with Crippen LogP contribution in [0.4, 0.5) is 0 Å². The van der Waals surface area contributed by atoms with Crippen molar-refractivity contribution in [2.75, 3.05) is 6.54 Å². The van der Waals surface area contributed by atoms with E-state index in [9.17, 15) is 9.59 Å². The molecule has 1 aromatic carbocycles. The van der Waals surface area contributed by atoms with Crippen LogP contribution in [0.1, 0.15) is 27.6 Å². The molecule has 7 heteroatoms. The van der Waals surface area contributed by atoms with Crippen molar-refractivity contribution in [2.45, 2.75) is 27.3 Å². The Morgan fingerprint density at radius 2 is 1.88 bits per heavy atom. The molecule has 1 amide bonds. The maximum atomic E-state index is 12.4. The van der Waals surface area contributed by atoms with Crippen molar-refractivity contribution in [1.82, 2.24) is 24.8 Å². The molecule has 0 fully saturated rings. The van der Waals surface area contributed by atoms with Gasteiger partial charge in [-0.25, -0.2) is 9.78 Å². The van der Waals surface area contributed by atoms with E-state index in [0.29, 0.717) is 36.0 Å². The number of H-pyrrole nitrogens is 1. The Morgan fingerprint density at radius 1 is 1.15 bits per heavy atom. The highest BCUT2D eigenvalue weighted by atomic mass is 16.2.